The molecule has 0 bridgehead atoms. The van der Waals surface area contributed by atoms with E-state index in [2.05, 4.69) is 18.3 Å². The molecule has 7 nitrogen and oxygen atoms in total. The monoisotopic (exact) mass is 484 g/mol. The highest BCUT2D eigenvalue weighted by atomic mass is 16.5. The van der Waals surface area contributed by atoms with Crippen molar-refractivity contribution in [2.75, 3.05) is 18.1 Å². The lowest BCUT2D eigenvalue weighted by Gasteiger charge is -2.26. The summed E-state index contributed by atoms with van der Waals surface area (Å²) in [5.74, 6) is -0.167. The van der Waals surface area contributed by atoms with Crippen molar-refractivity contribution in [1.82, 2.24) is 5.32 Å². The predicted molar refractivity (Wildman–Crippen MR) is 138 cm³/mol. The molecule has 4 rings (SSSR count). The fourth-order valence-electron chi connectivity index (χ4n) is 3.97. The zero-order valence-electron chi connectivity index (χ0n) is 20.5. The van der Waals surface area contributed by atoms with Gasteiger partial charge in [-0.1, -0.05) is 43.3 Å². The first-order valence-corrected chi connectivity index (χ1v) is 11.8. The summed E-state index contributed by atoms with van der Waals surface area (Å²) in [6.45, 7) is 6.58. The molecule has 0 aromatic heterocycles. The summed E-state index contributed by atoms with van der Waals surface area (Å²) in [4.78, 5) is 39.2. The van der Waals surface area contributed by atoms with Gasteiger partial charge in [-0.3, -0.25) is 14.9 Å². The van der Waals surface area contributed by atoms with Crippen LogP contribution in [0.1, 0.15) is 29.2 Å². The molecule has 0 spiro atoms. The van der Waals surface area contributed by atoms with Crippen LogP contribution in [0.2, 0.25) is 0 Å². The molecule has 184 valence electrons. The summed E-state index contributed by atoms with van der Waals surface area (Å²) in [6.07, 6.45) is 2.37. The van der Waals surface area contributed by atoms with E-state index in [9.17, 15) is 14.4 Å². The van der Waals surface area contributed by atoms with E-state index in [-0.39, 0.29) is 12.2 Å². The zero-order valence-corrected chi connectivity index (χ0v) is 20.5. The van der Waals surface area contributed by atoms with Crippen molar-refractivity contribution in [3.05, 3.63) is 94.6 Å². The molecule has 0 aliphatic carbocycles. The molecule has 0 atom stereocenters. The highest BCUT2D eigenvalue weighted by Gasteiger charge is 2.37. The van der Waals surface area contributed by atoms with Crippen LogP contribution in [0, 0.1) is 13.8 Å². The van der Waals surface area contributed by atoms with E-state index in [1.165, 1.54) is 11.6 Å². The third-order valence-corrected chi connectivity index (χ3v) is 5.71. The van der Waals surface area contributed by atoms with Gasteiger partial charge in [0.2, 0.25) is 0 Å². The van der Waals surface area contributed by atoms with Gasteiger partial charge in [-0.2, -0.15) is 0 Å². The van der Waals surface area contributed by atoms with Crippen LogP contribution in [0.3, 0.4) is 0 Å². The van der Waals surface area contributed by atoms with Gasteiger partial charge in [0.05, 0.1) is 5.69 Å². The Morgan fingerprint density at radius 3 is 2.42 bits per heavy atom. The number of hydrogen-bond acceptors (Lipinski definition) is 5. The van der Waals surface area contributed by atoms with Crippen LogP contribution < -0.4 is 19.7 Å². The lowest BCUT2D eigenvalue weighted by Crippen LogP contribution is -2.54. The van der Waals surface area contributed by atoms with E-state index >= 15 is 0 Å². The Kier molecular flexibility index (Phi) is 7.49. The van der Waals surface area contributed by atoms with Crippen molar-refractivity contribution in [3.8, 4) is 11.5 Å². The minimum absolute atomic E-state index is 0.157. The molecule has 1 N–H and O–H groups in total. The maximum absolute atomic E-state index is 13.2. The van der Waals surface area contributed by atoms with Crippen molar-refractivity contribution in [1.29, 1.82) is 0 Å². The maximum atomic E-state index is 13.2. The van der Waals surface area contributed by atoms with E-state index in [1.807, 2.05) is 32.0 Å². The molecule has 0 unspecified atom stereocenters. The quantitative estimate of drug-likeness (QED) is 0.277. The summed E-state index contributed by atoms with van der Waals surface area (Å²) in [5.41, 5.74) is 3.99. The van der Waals surface area contributed by atoms with E-state index in [0.29, 0.717) is 23.6 Å². The fraction of sp³-hybridized carbons (Fsp3) is 0.207. The summed E-state index contributed by atoms with van der Waals surface area (Å²) < 4.78 is 11.8. The topological polar surface area (TPSA) is 84.9 Å². The number of nitrogens with one attached hydrogen (secondary N) is 1. The Morgan fingerprint density at radius 1 is 0.861 bits per heavy atom. The van der Waals surface area contributed by atoms with E-state index in [4.69, 9.17) is 9.47 Å². The lowest BCUT2D eigenvalue weighted by atomic mass is 10.1. The Hall–Kier alpha value is -4.39. The van der Waals surface area contributed by atoms with Crippen molar-refractivity contribution < 1.29 is 23.9 Å². The van der Waals surface area contributed by atoms with Gasteiger partial charge in [0.25, 0.3) is 11.8 Å². The number of benzene rings is 3. The molecular weight excluding hydrogens is 456 g/mol. The molecule has 1 aliphatic rings. The number of amides is 4. The van der Waals surface area contributed by atoms with E-state index in [0.717, 1.165) is 28.2 Å². The smallest absolute Gasteiger partial charge is 0.335 e. The highest BCUT2D eigenvalue weighted by Crippen LogP contribution is 2.26. The number of para-hydroxylation sites is 1. The number of carbonyl (C=O) groups excluding carboxylic acids is 3. The largest absolute Gasteiger partial charge is 0.490 e. The third kappa shape index (κ3) is 5.63. The molecule has 36 heavy (non-hydrogen) atoms. The van der Waals surface area contributed by atoms with E-state index in [1.54, 1.807) is 42.5 Å². The molecule has 7 heteroatoms. The first kappa shape index (κ1) is 24.7. The molecule has 1 aliphatic heterocycles. The van der Waals surface area contributed by atoms with Crippen LogP contribution >= 0.6 is 0 Å². The van der Waals surface area contributed by atoms with Gasteiger partial charge in [0.15, 0.2) is 0 Å². The summed E-state index contributed by atoms with van der Waals surface area (Å²) in [7, 11) is 0. The standard InChI is InChI=1S/C29H28N2O5/c1-4-21-14-20(3)16-24(17-21)35-12-13-36-26-11-6-5-9-22(26)18-25-27(32)30-29(34)31(28(25)33)23-10-7-8-19(2)15-23/h5-11,14-18H,4,12-13H2,1-3H3,(H,30,32,34)/b25-18-. The number of anilines is 1. The number of urea groups is 1. The maximum Gasteiger partial charge on any atom is 0.335 e. The number of barbiturate groups is 1. The number of rotatable bonds is 8. The van der Waals surface area contributed by atoms with Gasteiger partial charge in [-0.05, 0) is 73.4 Å². The second-order valence-corrected chi connectivity index (χ2v) is 8.54. The number of imide groups is 2. The average molecular weight is 485 g/mol. The highest BCUT2D eigenvalue weighted by molar-refractivity contribution is 6.39. The Bertz CT molecular complexity index is 1340. The second-order valence-electron chi connectivity index (χ2n) is 8.54. The van der Waals surface area contributed by atoms with Gasteiger partial charge in [-0.25, -0.2) is 9.69 Å². The van der Waals surface area contributed by atoms with Gasteiger partial charge in [-0.15, -0.1) is 0 Å². The van der Waals surface area contributed by atoms with Crippen molar-refractivity contribution >= 4 is 29.6 Å². The van der Waals surface area contributed by atoms with Gasteiger partial charge in [0.1, 0.15) is 30.3 Å². The summed E-state index contributed by atoms with van der Waals surface area (Å²) in [5, 5.41) is 2.25. The minimum atomic E-state index is -0.781. The van der Waals surface area contributed by atoms with Gasteiger partial charge >= 0.3 is 6.03 Å². The van der Waals surface area contributed by atoms with Crippen molar-refractivity contribution in [2.24, 2.45) is 0 Å². The van der Waals surface area contributed by atoms with Crippen LogP contribution in [0.25, 0.3) is 6.08 Å². The Balaban J connectivity index is 1.50. The number of nitrogens with zero attached hydrogens (tertiary/aromatic N) is 1. The molecule has 1 fully saturated rings. The summed E-state index contributed by atoms with van der Waals surface area (Å²) >= 11 is 0. The van der Waals surface area contributed by atoms with Crippen molar-refractivity contribution in [2.45, 2.75) is 27.2 Å². The van der Waals surface area contributed by atoms with E-state index < -0.39 is 17.8 Å². The van der Waals surface area contributed by atoms with Crippen LogP contribution in [0.15, 0.2) is 72.3 Å². The van der Waals surface area contributed by atoms with Crippen LogP contribution in [-0.2, 0) is 16.0 Å². The van der Waals surface area contributed by atoms with Gasteiger partial charge in [0, 0.05) is 5.56 Å². The molecule has 3 aromatic carbocycles. The average Bonchev–Trinajstić information content (AvgIpc) is 2.84. The Labute approximate surface area is 210 Å². The molecule has 1 saturated heterocycles. The molecule has 1 heterocycles. The Morgan fingerprint density at radius 2 is 1.64 bits per heavy atom. The fourth-order valence-corrected chi connectivity index (χ4v) is 3.97. The SMILES string of the molecule is CCc1cc(C)cc(OCCOc2ccccc2/C=C2/C(=O)NC(=O)N(c3cccc(C)c3)C2=O)c1. The normalized spacial score (nSPS) is 14.7. The lowest BCUT2D eigenvalue weighted by molar-refractivity contribution is -0.122. The third-order valence-electron chi connectivity index (χ3n) is 5.71. The molecule has 3 aromatic rings. The predicted octanol–water partition coefficient (Wildman–Crippen LogP) is 4.99. The molecule has 0 radical (unpaired) electrons. The summed E-state index contributed by atoms with van der Waals surface area (Å²) in [6, 6.07) is 19.4. The van der Waals surface area contributed by atoms with Crippen LogP contribution in [0.5, 0.6) is 11.5 Å². The minimum Gasteiger partial charge on any atom is -0.490 e. The number of aryl methyl sites for hydroxylation is 3. The number of ether oxygens (including phenoxy) is 2. The molecule has 0 saturated carbocycles. The first-order chi connectivity index (χ1) is 17.4. The molecule has 4 amide bonds. The number of carbonyl (C=O) groups is 3. The second kappa shape index (κ2) is 10.9. The zero-order chi connectivity index (χ0) is 25.7. The van der Waals surface area contributed by atoms with Crippen LogP contribution in [-0.4, -0.2) is 31.1 Å². The first-order valence-electron chi connectivity index (χ1n) is 11.8. The van der Waals surface area contributed by atoms with Crippen LogP contribution in [0.4, 0.5) is 10.5 Å². The van der Waals surface area contributed by atoms with Crippen molar-refractivity contribution in [3.63, 3.8) is 0 Å². The molecular formula is C29H28N2O5. The van der Waals surface area contributed by atoms with Gasteiger partial charge < -0.3 is 9.47 Å². The number of hydrogen-bond donors (Lipinski definition) is 1.